The summed E-state index contributed by atoms with van der Waals surface area (Å²) in [6.45, 7) is 0.221. The fraction of sp³-hybridized carbons (Fsp3) is 0.0909. The molecule has 1 aromatic carbocycles. The van der Waals surface area contributed by atoms with E-state index in [0.717, 1.165) is 5.56 Å². The van der Waals surface area contributed by atoms with Gasteiger partial charge in [-0.3, -0.25) is 0 Å². The van der Waals surface area contributed by atoms with Crippen LogP contribution >= 0.6 is 0 Å². The highest BCUT2D eigenvalue weighted by Crippen LogP contribution is 2.36. The van der Waals surface area contributed by atoms with Crippen molar-refractivity contribution in [1.82, 2.24) is 5.16 Å². The van der Waals surface area contributed by atoms with Crippen molar-refractivity contribution in [3.05, 3.63) is 24.3 Å². The summed E-state index contributed by atoms with van der Waals surface area (Å²) in [6.07, 6.45) is 1.39. The summed E-state index contributed by atoms with van der Waals surface area (Å²) in [4.78, 5) is 13.4. The van der Waals surface area contributed by atoms with Crippen molar-refractivity contribution in [3.63, 3.8) is 0 Å². The van der Waals surface area contributed by atoms with Crippen LogP contribution in [0, 0.1) is 0 Å². The maximum Gasteiger partial charge on any atom is 0.261 e. The zero-order valence-corrected chi connectivity index (χ0v) is 8.54. The molecule has 0 bridgehead atoms. The summed E-state index contributed by atoms with van der Waals surface area (Å²) >= 11 is 0. The SMILES string of the molecule is O=C=Nc1cc(-c2ccc3c(c2)OCO3)no1. The van der Waals surface area contributed by atoms with Crippen LogP contribution in [0.4, 0.5) is 5.88 Å². The Labute approximate surface area is 95.5 Å². The van der Waals surface area contributed by atoms with Crippen LogP contribution in [0.2, 0.25) is 0 Å². The third kappa shape index (κ3) is 1.66. The quantitative estimate of drug-likeness (QED) is 0.583. The van der Waals surface area contributed by atoms with E-state index in [1.54, 1.807) is 18.2 Å². The first-order chi connectivity index (χ1) is 8.36. The largest absolute Gasteiger partial charge is 0.454 e. The molecule has 2 heterocycles. The van der Waals surface area contributed by atoms with Crippen molar-refractivity contribution in [3.8, 4) is 22.8 Å². The molecule has 0 radical (unpaired) electrons. The van der Waals surface area contributed by atoms with E-state index < -0.39 is 0 Å². The standard InChI is InChI=1S/C11H6N2O4/c14-5-12-11-4-8(13-17-11)7-1-2-9-10(3-7)16-6-15-9/h1-4H,6H2. The van der Waals surface area contributed by atoms with Gasteiger partial charge in [0.2, 0.25) is 12.9 Å². The Bertz CT molecular complexity index is 614. The molecule has 6 heteroatoms. The Hall–Kier alpha value is -2.59. The van der Waals surface area contributed by atoms with Crippen LogP contribution in [0.1, 0.15) is 0 Å². The van der Waals surface area contributed by atoms with Gasteiger partial charge in [-0.05, 0) is 18.2 Å². The van der Waals surface area contributed by atoms with E-state index >= 15 is 0 Å². The molecule has 0 saturated heterocycles. The third-order valence-electron chi connectivity index (χ3n) is 2.32. The molecule has 0 spiro atoms. The second-order valence-corrected chi connectivity index (χ2v) is 3.32. The van der Waals surface area contributed by atoms with Gasteiger partial charge in [-0.1, -0.05) is 5.16 Å². The van der Waals surface area contributed by atoms with Crippen LogP contribution < -0.4 is 9.47 Å². The number of carbonyl (C=O) groups excluding carboxylic acids is 1. The smallest absolute Gasteiger partial charge is 0.261 e. The van der Waals surface area contributed by atoms with E-state index in [1.807, 2.05) is 6.07 Å². The summed E-state index contributed by atoms with van der Waals surface area (Å²) < 4.78 is 15.3. The molecule has 1 aromatic heterocycles. The Balaban J connectivity index is 2.00. The molecule has 0 aliphatic carbocycles. The van der Waals surface area contributed by atoms with E-state index in [9.17, 15) is 4.79 Å². The van der Waals surface area contributed by atoms with E-state index in [4.69, 9.17) is 14.0 Å². The van der Waals surface area contributed by atoms with Crippen LogP contribution in [-0.4, -0.2) is 18.0 Å². The van der Waals surface area contributed by atoms with Crippen LogP contribution in [0.15, 0.2) is 33.8 Å². The zero-order chi connectivity index (χ0) is 11.7. The molecule has 0 atom stereocenters. The fourth-order valence-corrected chi connectivity index (χ4v) is 1.56. The molecule has 0 saturated carbocycles. The second kappa shape index (κ2) is 3.77. The van der Waals surface area contributed by atoms with Gasteiger partial charge >= 0.3 is 0 Å². The van der Waals surface area contributed by atoms with Crippen molar-refractivity contribution in [1.29, 1.82) is 0 Å². The second-order valence-electron chi connectivity index (χ2n) is 3.32. The van der Waals surface area contributed by atoms with Crippen molar-refractivity contribution >= 4 is 12.0 Å². The summed E-state index contributed by atoms with van der Waals surface area (Å²) in [5.41, 5.74) is 1.36. The molecule has 1 aliphatic heterocycles. The normalized spacial score (nSPS) is 12.2. The number of nitrogens with zero attached hydrogens (tertiary/aromatic N) is 2. The molecule has 2 aromatic rings. The summed E-state index contributed by atoms with van der Waals surface area (Å²) in [5, 5.41) is 3.79. The predicted molar refractivity (Wildman–Crippen MR) is 55.8 cm³/mol. The number of ether oxygens (including phenoxy) is 2. The van der Waals surface area contributed by atoms with Gasteiger partial charge < -0.3 is 14.0 Å². The molecule has 1 aliphatic rings. The van der Waals surface area contributed by atoms with Gasteiger partial charge in [0.25, 0.3) is 5.88 Å². The highest BCUT2D eigenvalue weighted by atomic mass is 16.7. The van der Waals surface area contributed by atoms with Crippen molar-refractivity contribution in [2.45, 2.75) is 0 Å². The summed E-state index contributed by atoms with van der Waals surface area (Å²) in [7, 11) is 0. The lowest BCUT2D eigenvalue weighted by atomic mass is 10.1. The zero-order valence-electron chi connectivity index (χ0n) is 8.54. The number of hydrogen-bond donors (Lipinski definition) is 0. The number of rotatable bonds is 2. The number of hydrogen-bond acceptors (Lipinski definition) is 6. The van der Waals surface area contributed by atoms with E-state index in [2.05, 4.69) is 10.1 Å². The summed E-state index contributed by atoms with van der Waals surface area (Å²) in [5.74, 6) is 1.47. The first-order valence-electron chi connectivity index (χ1n) is 4.81. The number of fused-ring (bicyclic) bond motifs is 1. The molecular weight excluding hydrogens is 224 g/mol. The highest BCUT2D eigenvalue weighted by molar-refractivity contribution is 5.66. The first kappa shape index (κ1) is 9.62. The van der Waals surface area contributed by atoms with Crippen molar-refractivity contribution < 1.29 is 18.8 Å². The molecule has 17 heavy (non-hydrogen) atoms. The molecule has 3 rings (SSSR count). The maximum absolute atomic E-state index is 10.1. The maximum atomic E-state index is 10.1. The molecule has 0 amide bonds. The Kier molecular flexibility index (Phi) is 2.13. The van der Waals surface area contributed by atoms with Crippen LogP contribution in [-0.2, 0) is 4.79 Å². The fourth-order valence-electron chi connectivity index (χ4n) is 1.56. The lowest BCUT2D eigenvalue weighted by molar-refractivity contribution is 0.174. The Morgan fingerprint density at radius 1 is 1.24 bits per heavy atom. The third-order valence-corrected chi connectivity index (χ3v) is 2.32. The van der Waals surface area contributed by atoms with Gasteiger partial charge in [0.05, 0.1) is 0 Å². The Morgan fingerprint density at radius 3 is 3.00 bits per heavy atom. The predicted octanol–water partition coefficient (Wildman–Crippen LogP) is 2.04. The molecule has 84 valence electrons. The summed E-state index contributed by atoms with van der Waals surface area (Å²) in [6, 6.07) is 6.94. The van der Waals surface area contributed by atoms with Crippen LogP contribution in [0.5, 0.6) is 11.5 Å². The topological polar surface area (TPSA) is 73.9 Å². The van der Waals surface area contributed by atoms with Crippen molar-refractivity contribution in [2.75, 3.05) is 6.79 Å². The minimum absolute atomic E-state index is 0.118. The van der Waals surface area contributed by atoms with Gasteiger partial charge in [0, 0.05) is 11.6 Å². The van der Waals surface area contributed by atoms with Gasteiger partial charge in [0.1, 0.15) is 5.69 Å². The van der Waals surface area contributed by atoms with Crippen LogP contribution in [0.25, 0.3) is 11.3 Å². The van der Waals surface area contributed by atoms with Crippen molar-refractivity contribution in [2.24, 2.45) is 4.99 Å². The molecule has 0 N–H and O–H groups in total. The van der Waals surface area contributed by atoms with Gasteiger partial charge in [-0.2, -0.15) is 0 Å². The van der Waals surface area contributed by atoms with Gasteiger partial charge in [0.15, 0.2) is 11.5 Å². The molecule has 6 nitrogen and oxygen atoms in total. The monoisotopic (exact) mass is 230 g/mol. The molecular formula is C11H6N2O4. The average molecular weight is 230 g/mol. The highest BCUT2D eigenvalue weighted by Gasteiger charge is 2.15. The van der Waals surface area contributed by atoms with Gasteiger partial charge in [-0.15, -0.1) is 4.99 Å². The lowest BCUT2D eigenvalue weighted by Crippen LogP contribution is -1.92. The van der Waals surface area contributed by atoms with Crippen LogP contribution in [0.3, 0.4) is 0 Å². The lowest BCUT2D eigenvalue weighted by Gasteiger charge is -1.97. The number of isocyanates is 1. The number of aliphatic imine (C=N–C) groups is 1. The van der Waals surface area contributed by atoms with Gasteiger partial charge in [-0.25, -0.2) is 4.79 Å². The molecule has 0 unspecified atom stereocenters. The van der Waals surface area contributed by atoms with E-state index in [1.165, 1.54) is 6.08 Å². The minimum Gasteiger partial charge on any atom is -0.454 e. The first-order valence-corrected chi connectivity index (χ1v) is 4.81. The van der Waals surface area contributed by atoms with E-state index in [-0.39, 0.29) is 12.7 Å². The Morgan fingerprint density at radius 2 is 2.12 bits per heavy atom. The molecule has 0 fully saturated rings. The number of aromatic nitrogens is 1. The minimum atomic E-state index is 0.118. The number of benzene rings is 1. The average Bonchev–Trinajstić information content (AvgIpc) is 2.96. The van der Waals surface area contributed by atoms with E-state index in [0.29, 0.717) is 17.2 Å².